The van der Waals surface area contributed by atoms with E-state index in [-0.39, 0.29) is 24.7 Å². The molecule has 0 saturated heterocycles. The number of aliphatic carboxylic acids is 1. The van der Waals surface area contributed by atoms with Gasteiger partial charge in [-0.2, -0.15) is 0 Å². The van der Waals surface area contributed by atoms with Crippen LogP contribution in [0.15, 0.2) is 0 Å². The van der Waals surface area contributed by atoms with Crippen molar-refractivity contribution in [1.82, 2.24) is 0 Å². The van der Waals surface area contributed by atoms with E-state index in [0.29, 0.717) is 0 Å². The fourth-order valence-electron chi connectivity index (χ4n) is 2.23. The summed E-state index contributed by atoms with van der Waals surface area (Å²) in [6.45, 7) is 3.38. The maximum absolute atomic E-state index is 11.5. The molecule has 0 aliphatic heterocycles. The number of aliphatic hydroxyl groups excluding tert-OH is 3. The first kappa shape index (κ1) is 15.9. The van der Waals surface area contributed by atoms with Gasteiger partial charge in [-0.15, -0.1) is 0 Å². The van der Waals surface area contributed by atoms with E-state index in [1.54, 1.807) is 13.8 Å². The Labute approximate surface area is 110 Å². The quantitative estimate of drug-likeness (QED) is 0.492. The summed E-state index contributed by atoms with van der Waals surface area (Å²) >= 11 is 0. The van der Waals surface area contributed by atoms with Crippen molar-refractivity contribution in [3.8, 4) is 0 Å². The van der Waals surface area contributed by atoms with Gasteiger partial charge in [0.05, 0.1) is 18.9 Å². The zero-order valence-electron chi connectivity index (χ0n) is 10.9. The van der Waals surface area contributed by atoms with E-state index >= 15 is 0 Å². The maximum atomic E-state index is 11.5. The molecule has 7 heteroatoms. The molecule has 1 fully saturated rings. The van der Waals surface area contributed by atoms with Gasteiger partial charge < -0.3 is 25.2 Å². The van der Waals surface area contributed by atoms with Crippen LogP contribution < -0.4 is 0 Å². The molecule has 1 aliphatic carbocycles. The Morgan fingerprint density at radius 3 is 2.05 bits per heavy atom. The average molecular weight is 276 g/mol. The number of rotatable bonds is 4. The van der Waals surface area contributed by atoms with Crippen molar-refractivity contribution in [3.05, 3.63) is 0 Å². The van der Waals surface area contributed by atoms with Crippen LogP contribution in [0, 0.1) is 11.8 Å². The fourth-order valence-corrected chi connectivity index (χ4v) is 2.23. The number of ether oxygens (including phenoxy) is 1. The minimum absolute atomic E-state index is 0.293. The van der Waals surface area contributed by atoms with Crippen molar-refractivity contribution in [2.24, 2.45) is 11.8 Å². The smallest absolute Gasteiger partial charge is 0.306 e. The van der Waals surface area contributed by atoms with E-state index in [4.69, 9.17) is 9.84 Å². The second kappa shape index (κ2) is 6.31. The van der Waals surface area contributed by atoms with Crippen LogP contribution in [-0.4, -0.2) is 56.8 Å². The standard InChI is InChI=1S/C12H20O7/c1-5-6(2)12(11(18)10(17)9(5)16)19-8(15)4-3-7(13)14/h5-6,9-12,16-18H,3-4H2,1-2H3,(H,13,14)/t5-,6+,9-,10+,11-,12-/m0/s1. The van der Waals surface area contributed by atoms with Crippen LogP contribution in [0.1, 0.15) is 26.7 Å². The highest BCUT2D eigenvalue weighted by Gasteiger charge is 2.47. The SMILES string of the molecule is C[C@@H]1[C@H](C)[C@H](O)[C@@H](O)[C@H](O)[C@H]1OC(=O)CCC(=O)O. The normalized spacial score (nSPS) is 38.8. The van der Waals surface area contributed by atoms with Crippen LogP contribution in [-0.2, 0) is 14.3 Å². The Bertz CT molecular complexity index is 327. The highest BCUT2D eigenvalue weighted by Crippen LogP contribution is 2.32. The molecule has 0 spiro atoms. The average Bonchev–Trinajstić information content (AvgIpc) is 2.36. The third-order valence-electron chi connectivity index (χ3n) is 3.73. The summed E-state index contributed by atoms with van der Waals surface area (Å²) in [5.41, 5.74) is 0. The third-order valence-corrected chi connectivity index (χ3v) is 3.73. The van der Waals surface area contributed by atoms with Crippen molar-refractivity contribution in [1.29, 1.82) is 0 Å². The highest BCUT2D eigenvalue weighted by molar-refractivity contribution is 5.76. The van der Waals surface area contributed by atoms with Crippen molar-refractivity contribution >= 4 is 11.9 Å². The second-order valence-corrected chi connectivity index (χ2v) is 5.04. The van der Waals surface area contributed by atoms with E-state index in [1.807, 2.05) is 0 Å². The number of carboxylic acids is 1. The molecule has 19 heavy (non-hydrogen) atoms. The van der Waals surface area contributed by atoms with Crippen LogP contribution >= 0.6 is 0 Å². The lowest BCUT2D eigenvalue weighted by atomic mass is 9.74. The largest absolute Gasteiger partial charge is 0.481 e. The molecule has 0 bridgehead atoms. The van der Waals surface area contributed by atoms with Crippen molar-refractivity contribution in [2.75, 3.05) is 0 Å². The van der Waals surface area contributed by atoms with Gasteiger partial charge in [0.15, 0.2) is 0 Å². The van der Waals surface area contributed by atoms with Crippen molar-refractivity contribution in [3.63, 3.8) is 0 Å². The molecule has 0 aromatic rings. The molecule has 1 saturated carbocycles. The van der Waals surface area contributed by atoms with Gasteiger partial charge in [0, 0.05) is 5.92 Å². The summed E-state index contributed by atoms with van der Waals surface area (Å²) in [6, 6.07) is 0. The van der Waals surface area contributed by atoms with Crippen molar-refractivity contribution in [2.45, 2.75) is 51.1 Å². The molecule has 0 unspecified atom stereocenters. The van der Waals surface area contributed by atoms with Gasteiger partial charge in [-0.1, -0.05) is 13.8 Å². The van der Waals surface area contributed by atoms with E-state index < -0.39 is 36.4 Å². The van der Waals surface area contributed by atoms with Gasteiger partial charge in [0.2, 0.25) is 0 Å². The lowest BCUT2D eigenvalue weighted by Crippen LogP contribution is -2.58. The summed E-state index contributed by atoms with van der Waals surface area (Å²) in [4.78, 5) is 21.8. The zero-order valence-corrected chi connectivity index (χ0v) is 10.9. The van der Waals surface area contributed by atoms with Gasteiger partial charge in [-0.05, 0) is 5.92 Å². The number of carbonyl (C=O) groups excluding carboxylic acids is 1. The van der Waals surface area contributed by atoms with Crippen LogP contribution in [0.5, 0.6) is 0 Å². The Morgan fingerprint density at radius 2 is 1.53 bits per heavy atom. The number of esters is 1. The van der Waals surface area contributed by atoms with E-state index in [9.17, 15) is 24.9 Å². The highest BCUT2D eigenvalue weighted by atomic mass is 16.6. The summed E-state index contributed by atoms with van der Waals surface area (Å²) < 4.78 is 5.03. The first-order chi connectivity index (χ1) is 8.75. The summed E-state index contributed by atoms with van der Waals surface area (Å²) in [5.74, 6) is -2.55. The molecule has 0 radical (unpaired) electrons. The molecular formula is C12H20O7. The maximum Gasteiger partial charge on any atom is 0.306 e. The Kier molecular flexibility index (Phi) is 5.28. The Hall–Kier alpha value is -1.18. The third kappa shape index (κ3) is 3.65. The summed E-state index contributed by atoms with van der Waals surface area (Å²) in [7, 11) is 0. The topological polar surface area (TPSA) is 124 Å². The van der Waals surface area contributed by atoms with Crippen LogP contribution in [0.25, 0.3) is 0 Å². The molecular weight excluding hydrogens is 256 g/mol. The zero-order chi connectivity index (χ0) is 14.7. The fraction of sp³-hybridized carbons (Fsp3) is 0.833. The number of hydrogen-bond donors (Lipinski definition) is 4. The minimum Gasteiger partial charge on any atom is -0.481 e. The minimum atomic E-state index is -1.39. The van der Waals surface area contributed by atoms with Crippen LogP contribution in [0.4, 0.5) is 0 Å². The monoisotopic (exact) mass is 276 g/mol. The van der Waals surface area contributed by atoms with Gasteiger partial charge in [-0.25, -0.2) is 0 Å². The van der Waals surface area contributed by atoms with Crippen molar-refractivity contribution < 1.29 is 34.8 Å². The molecule has 110 valence electrons. The molecule has 0 heterocycles. The predicted octanol–water partition coefficient (Wildman–Crippen LogP) is -0.869. The van der Waals surface area contributed by atoms with Gasteiger partial charge >= 0.3 is 11.9 Å². The molecule has 1 aliphatic rings. The number of carboxylic acid groups (broad SMARTS) is 1. The first-order valence-corrected chi connectivity index (χ1v) is 6.21. The Morgan fingerprint density at radius 1 is 0.947 bits per heavy atom. The molecule has 7 nitrogen and oxygen atoms in total. The lowest BCUT2D eigenvalue weighted by Gasteiger charge is -2.43. The number of carbonyl (C=O) groups is 2. The van der Waals surface area contributed by atoms with E-state index in [1.165, 1.54) is 0 Å². The summed E-state index contributed by atoms with van der Waals surface area (Å²) in [5, 5.41) is 37.6. The summed E-state index contributed by atoms with van der Waals surface area (Å²) in [6.07, 6.45) is -5.44. The van der Waals surface area contributed by atoms with E-state index in [0.717, 1.165) is 0 Å². The molecule has 6 atom stereocenters. The molecule has 1 rings (SSSR count). The van der Waals surface area contributed by atoms with E-state index in [2.05, 4.69) is 0 Å². The Balaban J connectivity index is 2.65. The lowest BCUT2D eigenvalue weighted by molar-refractivity contribution is -0.199. The van der Waals surface area contributed by atoms with Crippen LogP contribution in [0.3, 0.4) is 0 Å². The number of aliphatic hydroxyl groups is 3. The first-order valence-electron chi connectivity index (χ1n) is 6.21. The van der Waals surface area contributed by atoms with Gasteiger partial charge in [0.1, 0.15) is 18.3 Å². The van der Waals surface area contributed by atoms with Gasteiger partial charge in [0.25, 0.3) is 0 Å². The molecule has 0 amide bonds. The molecule has 4 N–H and O–H groups in total. The second-order valence-electron chi connectivity index (χ2n) is 5.04. The van der Waals surface area contributed by atoms with Crippen LogP contribution in [0.2, 0.25) is 0 Å². The predicted molar refractivity (Wildman–Crippen MR) is 63.1 cm³/mol. The molecule has 0 aromatic carbocycles. The molecule has 0 aromatic heterocycles. The van der Waals surface area contributed by atoms with Gasteiger partial charge in [-0.3, -0.25) is 9.59 Å². The number of hydrogen-bond acceptors (Lipinski definition) is 6.